The number of amides is 1. The molecule has 5 nitrogen and oxygen atoms in total. The molecule has 0 spiro atoms. The molecule has 2 heterocycles. The Balaban J connectivity index is 2.07. The second-order valence-corrected chi connectivity index (χ2v) is 6.42. The Morgan fingerprint density at radius 2 is 2.26 bits per heavy atom. The number of thiazole rings is 1. The fourth-order valence-corrected chi connectivity index (χ4v) is 2.88. The minimum Gasteiger partial charge on any atom is -0.461 e. The summed E-state index contributed by atoms with van der Waals surface area (Å²) in [4.78, 5) is 30.1. The monoisotopic (exact) mass is 282 g/mol. The molecule has 2 rings (SSSR count). The molecule has 1 aromatic heterocycles. The van der Waals surface area contributed by atoms with E-state index in [4.69, 9.17) is 4.74 Å². The minimum atomic E-state index is -0.465. The fraction of sp³-hybridized carbons (Fsp3) is 0.615. The number of likely N-dealkylation sites (tertiary alicyclic amines) is 1. The van der Waals surface area contributed by atoms with Crippen molar-refractivity contribution in [2.45, 2.75) is 27.2 Å². The van der Waals surface area contributed by atoms with Gasteiger partial charge < -0.3 is 9.64 Å². The molecule has 104 valence electrons. The molecule has 1 amide bonds. The van der Waals surface area contributed by atoms with Crippen molar-refractivity contribution in [1.29, 1.82) is 0 Å². The lowest BCUT2D eigenvalue weighted by Crippen LogP contribution is -2.29. The highest BCUT2D eigenvalue weighted by Crippen LogP contribution is 2.30. The molecule has 1 aliphatic heterocycles. The van der Waals surface area contributed by atoms with Crippen LogP contribution in [0.4, 0.5) is 0 Å². The first-order chi connectivity index (χ1) is 8.93. The summed E-state index contributed by atoms with van der Waals surface area (Å²) in [6.07, 6.45) is 2.47. The van der Waals surface area contributed by atoms with Crippen molar-refractivity contribution >= 4 is 23.2 Å². The van der Waals surface area contributed by atoms with Gasteiger partial charge in [0, 0.05) is 13.1 Å². The third kappa shape index (κ3) is 3.12. The number of nitrogens with zero attached hydrogens (tertiary/aromatic N) is 2. The fourth-order valence-electron chi connectivity index (χ4n) is 2.10. The van der Waals surface area contributed by atoms with Crippen LogP contribution in [0.15, 0.2) is 6.20 Å². The number of carbonyl (C=O) groups is 2. The second-order valence-electron chi connectivity index (χ2n) is 5.39. The summed E-state index contributed by atoms with van der Waals surface area (Å²) >= 11 is 1.10. The zero-order valence-electron chi connectivity index (χ0n) is 11.4. The highest BCUT2D eigenvalue weighted by atomic mass is 32.1. The van der Waals surface area contributed by atoms with Gasteiger partial charge in [-0.25, -0.2) is 9.78 Å². The van der Waals surface area contributed by atoms with Crippen LogP contribution < -0.4 is 0 Å². The van der Waals surface area contributed by atoms with E-state index in [1.54, 1.807) is 6.92 Å². The Hall–Kier alpha value is -1.43. The summed E-state index contributed by atoms with van der Waals surface area (Å²) in [6, 6.07) is 0. The Labute approximate surface area is 116 Å². The first kappa shape index (κ1) is 14.0. The van der Waals surface area contributed by atoms with Gasteiger partial charge in [0.15, 0.2) is 0 Å². The van der Waals surface area contributed by atoms with E-state index in [1.807, 2.05) is 4.90 Å². The van der Waals surface area contributed by atoms with E-state index in [0.29, 0.717) is 11.5 Å². The number of hydrogen-bond donors (Lipinski definition) is 0. The molecule has 0 radical (unpaired) electrons. The molecule has 19 heavy (non-hydrogen) atoms. The molecule has 0 aliphatic carbocycles. The SMILES string of the molecule is CCOC(=O)c1ncc(C(=O)N2CCC(C)(C)C2)s1. The highest BCUT2D eigenvalue weighted by Gasteiger charge is 2.33. The van der Waals surface area contributed by atoms with E-state index in [9.17, 15) is 9.59 Å². The predicted octanol–water partition coefficient (Wildman–Crippen LogP) is 2.19. The van der Waals surface area contributed by atoms with Crippen LogP contribution in [0.2, 0.25) is 0 Å². The third-order valence-corrected chi connectivity index (χ3v) is 4.10. The van der Waals surface area contributed by atoms with Crippen LogP contribution in [0.1, 0.15) is 46.7 Å². The van der Waals surface area contributed by atoms with Gasteiger partial charge in [-0.05, 0) is 18.8 Å². The molecule has 0 aromatic carbocycles. The van der Waals surface area contributed by atoms with E-state index in [1.165, 1.54) is 6.20 Å². The normalized spacial score (nSPS) is 17.5. The van der Waals surface area contributed by atoms with Gasteiger partial charge in [-0.15, -0.1) is 11.3 Å². The summed E-state index contributed by atoms with van der Waals surface area (Å²) in [5.74, 6) is -0.507. The van der Waals surface area contributed by atoms with Crippen molar-refractivity contribution in [2.75, 3.05) is 19.7 Å². The summed E-state index contributed by atoms with van der Waals surface area (Å²) in [7, 11) is 0. The van der Waals surface area contributed by atoms with E-state index in [0.717, 1.165) is 30.8 Å². The van der Waals surface area contributed by atoms with Gasteiger partial charge in [-0.2, -0.15) is 0 Å². The standard InChI is InChI=1S/C13H18N2O3S/c1-4-18-12(17)10-14-7-9(19-10)11(16)15-6-5-13(2,3)8-15/h7H,4-6,8H2,1-3H3. The molecule has 0 bridgehead atoms. The lowest BCUT2D eigenvalue weighted by molar-refractivity contribution is 0.0525. The predicted molar refractivity (Wildman–Crippen MR) is 72.4 cm³/mol. The maximum Gasteiger partial charge on any atom is 0.367 e. The van der Waals surface area contributed by atoms with Crippen LogP contribution in [0.25, 0.3) is 0 Å². The third-order valence-electron chi connectivity index (χ3n) is 3.13. The van der Waals surface area contributed by atoms with Crippen molar-refractivity contribution in [3.05, 3.63) is 16.1 Å². The number of aromatic nitrogens is 1. The van der Waals surface area contributed by atoms with Crippen molar-refractivity contribution in [1.82, 2.24) is 9.88 Å². The lowest BCUT2D eigenvalue weighted by Gasteiger charge is -2.18. The zero-order chi connectivity index (χ0) is 14.0. The maximum absolute atomic E-state index is 12.3. The van der Waals surface area contributed by atoms with Gasteiger partial charge in [0.05, 0.1) is 12.8 Å². The van der Waals surface area contributed by atoms with Crippen molar-refractivity contribution in [3.8, 4) is 0 Å². The van der Waals surface area contributed by atoms with E-state index in [2.05, 4.69) is 18.8 Å². The molecular weight excluding hydrogens is 264 g/mol. The Morgan fingerprint density at radius 3 is 2.84 bits per heavy atom. The van der Waals surface area contributed by atoms with Gasteiger partial charge in [0.2, 0.25) is 5.01 Å². The topological polar surface area (TPSA) is 59.5 Å². The van der Waals surface area contributed by atoms with E-state index in [-0.39, 0.29) is 16.3 Å². The lowest BCUT2D eigenvalue weighted by atomic mass is 9.93. The summed E-state index contributed by atoms with van der Waals surface area (Å²) in [5.41, 5.74) is 0.171. The molecule has 0 atom stereocenters. The van der Waals surface area contributed by atoms with Gasteiger partial charge >= 0.3 is 5.97 Å². The van der Waals surface area contributed by atoms with Crippen LogP contribution in [0, 0.1) is 5.41 Å². The maximum atomic E-state index is 12.3. The zero-order valence-corrected chi connectivity index (χ0v) is 12.2. The molecule has 0 saturated carbocycles. The second kappa shape index (κ2) is 5.28. The van der Waals surface area contributed by atoms with Crippen LogP contribution in [-0.2, 0) is 4.74 Å². The Kier molecular flexibility index (Phi) is 3.89. The number of carbonyl (C=O) groups excluding carboxylic acids is 2. The van der Waals surface area contributed by atoms with Crippen molar-refractivity contribution < 1.29 is 14.3 Å². The molecule has 1 aliphatic rings. The number of hydrogen-bond acceptors (Lipinski definition) is 5. The van der Waals surface area contributed by atoms with Crippen LogP contribution in [-0.4, -0.2) is 41.5 Å². The number of esters is 1. The molecule has 0 unspecified atom stereocenters. The van der Waals surface area contributed by atoms with E-state index < -0.39 is 5.97 Å². The molecule has 0 N–H and O–H groups in total. The van der Waals surface area contributed by atoms with Crippen LogP contribution in [0.5, 0.6) is 0 Å². The van der Waals surface area contributed by atoms with Gasteiger partial charge in [-0.3, -0.25) is 4.79 Å². The first-order valence-corrected chi connectivity index (χ1v) is 7.17. The average Bonchev–Trinajstić information content (AvgIpc) is 2.95. The molecular formula is C13H18N2O3S. The largest absolute Gasteiger partial charge is 0.461 e. The van der Waals surface area contributed by atoms with Crippen LogP contribution >= 0.6 is 11.3 Å². The molecule has 1 fully saturated rings. The number of ether oxygens (including phenoxy) is 1. The van der Waals surface area contributed by atoms with Crippen molar-refractivity contribution in [2.24, 2.45) is 5.41 Å². The van der Waals surface area contributed by atoms with Gasteiger partial charge in [-0.1, -0.05) is 13.8 Å². The van der Waals surface area contributed by atoms with Crippen LogP contribution in [0.3, 0.4) is 0 Å². The van der Waals surface area contributed by atoms with E-state index >= 15 is 0 Å². The Bertz CT molecular complexity index is 496. The van der Waals surface area contributed by atoms with Gasteiger partial charge in [0.1, 0.15) is 4.88 Å². The highest BCUT2D eigenvalue weighted by molar-refractivity contribution is 7.15. The summed E-state index contributed by atoms with van der Waals surface area (Å²) in [6.45, 7) is 7.86. The quantitative estimate of drug-likeness (QED) is 0.797. The Morgan fingerprint density at radius 1 is 1.53 bits per heavy atom. The first-order valence-electron chi connectivity index (χ1n) is 6.35. The summed E-state index contributed by atoms with van der Waals surface area (Å²) in [5, 5.41) is 0.239. The average molecular weight is 282 g/mol. The smallest absolute Gasteiger partial charge is 0.367 e. The minimum absolute atomic E-state index is 0.0429. The van der Waals surface area contributed by atoms with Crippen molar-refractivity contribution in [3.63, 3.8) is 0 Å². The molecule has 1 aromatic rings. The molecule has 6 heteroatoms. The van der Waals surface area contributed by atoms with Gasteiger partial charge in [0.25, 0.3) is 5.91 Å². The summed E-state index contributed by atoms with van der Waals surface area (Å²) < 4.78 is 4.86. The molecule has 1 saturated heterocycles. The number of rotatable bonds is 3.